The molecule has 0 aliphatic heterocycles. The molecule has 0 fully saturated rings. The molecule has 0 spiro atoms. The van der Waals surface area contributed by atoms with Crippen molar-refractivity contribution in [2.45, 2.75) is 39.2 Å². The van der Waals surface area contributed by atoms with Gasteiger partial charge in [-0.15, -0.1) is 0 Å². The molecular weight excluding hydrogens is 311 g/mol. The second kappa shape index (κ2) is 10.3. The Bertz CT molecular complexity index is 190. The molecule has 1 atom stereocenters. The highest BCUT2D eigenvalue weighted by Gasteiger charge is 2.18. The summed E-state index contributed by atoms with van der Waals surface area (Å²) in [6.07, 6.45) is 7.93. The first-order valence-corrected chi connectivity index (χ1v) is 7.46. The molecule has 15 heavy (non-hydrogen) atoms. The van der Waals surface area contributed by atoms with Crippen molar-refractivity contribution in [3.05, 3.63) is 18.7 Å². The van der Waals surface area contributed by atoms with Crippen LogP contribution in [0.25, 0.3) is 0 Å². The number of H-pyrrole nitrogens is 1. The molecule has 0 bridgehead atoms. The molecule has 0 aromatic carbocycles. The Kier molecular flexibility index (Phi) is 10.2. The van der Waals surface area contributed by atoms with E-state index in [0.717, 1.165) is 19.3 Å². The molecule has 0 aliphatic carbocycles. The largest absolute Gasteiger partial charge is 0.506 e. The van der Waals surface area contributed by atoms with Crippen LogP contribution in [-0.4, -0.2) is 16.1 Å². The van der Waals surface area contributed by atoms with E-state index in [1.807, 2.05) is 0 Å². The van der Waals surface area contributed by atoms with Crippen molar-refractivity contribution in [2.75, 3.05) is 0 Å². The monoisotopic (exact) mass is 328 g/mol. The predicted octanol–water partition coefficient (Wildman–Crippen LogP) is -2.92. The standard InChI is InChI=1S/C6H13IO3.C3H4N2/c1-3-4-5-6(2)10-7(8)9;1-2-5-3-4-1/h6H,3-5H2,1-2H3;1-3H,(H,4,5). The van der Waals surface area contributed by atoms with Crippen LogP contribution in [0.15, 0.2) is 18.7 Å². The van der Waals surface area contributed by atoms with E-state index < -0.39 is 21.1 Å². The highest BCUT2D eigenvalue weighted by molar-refractivity contribution is 4.64. The summed E-state index contributed by atoms with van der Waals surface area (Å²) in [5.41, 5.74) is 0. The number of hydrogen-bond acceptors (Lipinski definition) is 4. The van der Waals surface area contributed by atoms with Gasteiger partial charge >= 0.3 is 21.1 Å². The summed E-state index contributed by atoms with van der Waals surface area (Å²) >= 11 is -3.42. The number of nitrogens with one attached hydrogen (secondary N) is 1. The van der Waals surface area contributed by atoms with Gasteiger partial charge in [0.15, 0.2) is 0 Å². The first-order chi connectivity index (χ1) is 7.16. The number of nitrogens with zero attached hydrogens (tertiary/aromatic N) is 1. The molecular formula is C9H17IN2O3. The van der Waals surface area contributed by atoms with Crippen LogP contribution in [0.3, 0.4) is 0 Å². The van der Waals surface area contributed by atoms with E-state index in [1.54, 1.807) is 25.6 Å². The van der Waals surface area contributed by atoms with Crippen molar-refractivity contribution in [1.29, 1.82) is 0 Å². The zero-order valence-electron chi connectivity index (χ0n) is 8.98. The summed E-state index contributed by atoms with van der Waals surface area (Å²) < 4.78 is 24.8. The Morgan fingerprint density at radius 2 is 2.27 bits per heavy atom. The highest BCUT2D eigenvalue weighted by Crippen LogP contribution is 1.99. The van der Waals surface area contributed by atoms with Crippen LogP contribution < -0.4 is 27.9 Å². The van der Waals surface area contributed by atoms with Gasteiger partial charge in [-0.3, -0.25) is 0 Å². The fraction of sp³-hybridized carbons (Fsp3) is 0.667. The number of aromatic amines is 1. The maximum Gasteiger partial charge on any atom is 0.506 e. The summed E-state index contributed by atoms with van der Waals surface area (Å²) in [7, 11) is 0. The van der Waals surface area contributed by atoms with Gasteiger partial charge in [0.1, 0.15) is 6.10 Å². The lowest BCUT2D eigenvalue weighted by Gasteiger charge is -2.01. The molecule has 0 radical (unpaired) electrons. The number of imidazole rings is 1. The average molecular weight is 328 g/mol. The first-order valence-electron chi connectivity index (χ1n) is 4.82. The van der Waals surface area contributed by atoms with Crippen LogP contribution in [0.5, 0.6) is 0 Å². The van der Waals surface area contributed by atoms with E-state index >= 15 is 0 Å². The lowest BCUT2D eigenvalue weighted by atomic mass is 10.2. The van der Waals surface area contributed by atoms with Crippen LogP contribution in [0.4, 0.5) is 0 Å². The number of halogens is 1. The van der Waals surface area contributed by atoms with Gasteiger partial charge in [0.25, 0.3) is 0 Å². The van der Waals surface area contributed by atoms with Crippen molar-refractivity contribution in [3.63, 3.8) is 0 Å². The van der Waals surface area contributed by atoms with Crippen molar-refractivity contribution in [3.8, 4) is 0 Å². The van der Waals surface area contributed by atoms with Gasteiger partial charge in [-0.1, -0.05) is 19.8 Å². The second-order valence-electron chi connectivity index (χ2n) is 2.99. The lowest BCUT2D eigenvalue weighted by molar-refractivity contribution is -1.63. The quantitative estimate of drug-likeness (QED) is 0.587. The Labute approximate surface area is 98.9 Å². The molecule has 0 aliphatic rings. The molecule has 1 aromatic heterocycles. The predicted molar refractivity (Wildman–Crippen MR) is 48.7 cm³/mol. The molecule has 1 heterocycles. The van der Waals surface area contributed by atoms with Gasteiger partial charge in [0, 0.05) is 12.4 Å². The lowest BCUT2D eigenvalue weighted by Crippen LogP contribution is -3.99. The van der Waals surface area contributed by atoms with Gasteiger partial charge in [0.2, 0.25) is 0 Å². The molecule has 5 nitrogen and oxygen atoms in total. The molecule has 1 rings (SSSR count). The van der Waals surface area contributed by atoms with Crippen molar-refractivity contribution < 1.29 is 31.0 Å². The van der Waals surface area contributed by atoms with E-state index in [9.17, 15) is 6.87 Å². The van der Waals surface area contributed by atoms with Crippen LogP contribution >= 0.6 is 0 Å². The van der Waals surface area contributed by atoms with Gasteiger partial charge in [0.05, 0.1) is 6.33 Å². The minimum Gasteiger partial charge on any atom is -0.396 e. The third-order valence-corrected chi connectivity index (χ3v) is 2.88. The van der Waals surface area contributed by atoms with Gasteiger partial charge in [-0.25, -0.2) is 4.98 Å². The number of aromatic nitrogens is 2. The first kappa shape index (κ1) is 14.8. The van der Waals surface area contributed by atoms with Crippen LogP contribution in [0.1, 0.15) is 33.1 Å². The fourth-order valence-electron chi connectivity index (χ4n) is 0.875. The van der Waals surface area contributed by atoms with E-state index in [4.69, 9.17) is 0 Å². The van der Waals surface area contributed by atoms with Crippen molar-refractivity contribution in [1.82, 2.24) is 9.97 Å². The molecule has 1 aromatic rings. The molecule has 1 unspecified atom stereocenters. The van der Waals surface area contributed by atoms with E-state index in [0.29, 0.717) is 0 Å². The summed E-state index contributed by atoms with van der Waals surface area (Å²) in [6.45, 7) is 3.85. The van der Waals surface area contributed by atoms with Crippen LogP contribution in [-0.2, 0) is 3.07 Å². The summed E-state index contributed by atoms with van der Waals surface area (Å²) in [6, 6.07) is 0. The maximum atomic E-state index is 10.1. The highest BCUT2D eigenvalue weighted by atomic mass is 127. The molecule has 0 saturated carbocycles. The fourth-order valence-corrected chi connectivity index (χ4v) is 1.84. The topological polar surface area (TPSA) is 84.0 Å². The zero-order valence-corrected chi connectivity index (χ0v) is 11.1. The smallest absolute Gasteiger partial charge is 0.396 e. The van der Waals surface area contributed by atoms with E-state index in [2.05, 4.69) is 20.0 Å². The molecule has 6 heteroatoms. The number of hydrogen-bond donors (Lipinski definition) is 1. The van der Waals surface area contributed by atoms with Gasteiger partial charge in [-0.2, -0.15) is 0 Å². The van der Waals surface area contributed by atoms with Crippen LogP contribution in [0, 0.1) is 0 Å². The van der Waals surface area contributed by atoms with E-state index in [1.165, 1.54) is 0 Å². The number of unbranched alkanes of at least 4 members (excludes halogenated alkanes) is 1. The van der Waals surface area contributed by atoms with Crippen molar-refractivity contribution >= 4 is 0 Å². The van der Waals surface area contributed by atoms with Crippen LogP contribution in [0.2, 0.25) is 0 Å². The minimum absolute atomic E-state index is 0.111. The zero-order chi connectivity index (χ0) is 11.5. The van der Waals surface area contributed by atoms with E-state index in [-0.39, 0.29) is 6.10 Å². The maximum absolute atomic E-state index is 10.1. The normalized spacial score (nSPS) is 12.1. The Hall–Kier alpha value is -0.180. The minimum atomic E-state index is -3.42. The summed E-state index contributed by atoms with van der Waals surface area (Å²) in [4.78, 5) is 6.42. The molecule has 1 N–H and O–H groups in total. The average Bonchev–Trinajstić information content (AvgIpc) is 2.71. The van der Waals surface area contributed by atoms with Gasteiger partial charge in [-0.05, 0) is 16.4 Å². The molecule has 0 saturated heterocycles. The summed E-state index contributed by atoms with van der Waals surface area (Å²) in [5.74, 6) is 0. The second-order valence-corrected chi connectivity index (χ2v) is 4.58. The third kappa shape index (κ3) is 11.7. The number of rotatable bonds is 5. The molecule has 0 amide bonds. The molecule has 88 valence electrons. The Morgan fingerprint density at radius 1 is 1.53 bits per heavy atom. The van der Waals surface area contributed by atoms with Crippen molar-refractivity contribution in [2.24, 2.45) is 0 Å². The Morgan fingerprint density at radius 3 is 2.60 bits per heavy atom. The Balaban J connectivity index is 0.000000322. The summed E-state index contributed by atoms with van der Waals surface area (Å²) in [5, 5.41) is 0. The SMILES string of the molecule is CCCCC(C)O[I+2]([O-])[O-].c1c[nH]cn1. The van der Waals surface area contributed by atoms with Gasteiger partial charge < -0.3 is 11.9 Å². The third-order valence-electron chi connectivity index (χ3n) is 1.59.